The minimum absolute atomic E-state index is 0.0360. The van der Waals surface area contributed by atoms with E-state index in [0.29, 0.717) is 17.9 Å². The van der Waals surface area contributed by atoms with Gasteiger partial charge in [0.2, 0.25) is 0 Å². The number of hydrogen-bond donors (Lipinski definition) is 1. The van der Waals surface area contributed by atoms with Crippen LogP contribution in [-0.4, -0.2) is 40.8 Å². The number of nitrogens with zero attached hydrogens (tertiary/aromatic N) is 2. The summed E-state index contributed by atoms with van der Waals surface area (Å²) in [5.74, 6) is 0.0979. The van der Waals surface area contributed by atoms with E-state index in [0.717, 1.165) is 15.6 Å². The van der Waals surface area contributed by atoms with Crippen LogP contribution in [0, 0.1) is 0 Å². The van der Waals surface area contributed by atoms with Crippen molar-refractivity contribution in [3.63, 3.8) is 0 Å². The summed E-state index contributed by atoms with van der Waals surface area (Å²) >= 11 is 0. The Labute approximate surface area is 219 Å². The number of rotatable bonds is 11. The summed E-state index contributed by atoms with van der Waals surface area (Å²) in [5, 5.41) is 4.25. The Kier molecular flexibility index (Phi) is 8.94. The van der Waals surface area contributed by atoms with E-state index in [-0.39, 0.29) is 16.1 Å². The molecule has 0 aromatic heterocycles. The molecule has 0 radical (unpaired) electrons. The number of sulfonamides is 1. The van der Waals surface area contributed by atoms with Crippen molar-refractivity contribution < 1.29 is 22.7 Å². The van der Waals surface area contributed by atoms with Crippen molar-refractivity contribution in [1.29, 1.82) is 0 Å². The lowest BCUT2D eigenvalue weighted by molar-refractivity contribution is -0.119. The molecule has 0 aliphatic rings. The Hall–Kier alpha value is -3.85. The fraction of sp³-hybridized carbons (Fsp3) is 0.286. The average Bonchev–Trinajstić information content (AvgIpc) is 2.90. The van der Waals surface area contributed by atoms with Crippen LogP contribution in [0.15, 0.2) is 88.9 Å². The summed E-state index contributed by atoms with van der Waals surface area (Å²) in [6.45, 7) is 5.59. The fourth-order valence-corrected chi connectivity index (χ4v) is 5.44. The number of benzene rings is 3. The topological polar surface area (TPSA) is 97.3 Å². The van der Waals surface area contributed by atoms with Gasteiger partial charge in [-0.1, -0.05) is 62.4 Å². The van der Waals surface area contributed by atoms with Gasteiger partial charge in [0.25, 0.3) is 15.9 Å². The minimum atomic E-state index is -4.12. The zero-order valence-electron chi connectivity index (χ0n) is 21.8. The molecular formula is C28H33N3O5S. The van der Waals surface area contributed by atoms with Gasteiger partial charge >= 0.3 is 0 Å². The smallest absolute Gasteiger partial charge is 0.264 e. The summed E-state index contributed by atoms with van der Waals surface area (Å²) in [5.41, 5.74) is 4.56. The number of hydrogen-bond acceptors (Lipinski definition) is 6. The van der Waals surface area contributed by atoms with Gasteiger partial charge in [-0.15, -0.1) is 0 Å². The third kappa shape index (κ3) is 6.89. The van der Waals surface area contributed by atoms with Crippen LogP contribution in [0.25, 0.3) is 0 Å². The standard InChI is InChI=1S/C28H33N3O5S/c1-21(19-28(2,3)22-12-8-6-9-13-22)29-30-27(32)20-31(23-14-10-7-11-15-23)37(33,34)24-16-17-25(35-4)26(18-24)36-5/h6-18H,19-20H2,1-5H3,(H,30,32)/b29-21-. The van der Waals surface area contributed by atoms with E-state index in [2.05, 4.69) is 36.5 Å². The van der Waals surface area contributed by atoms with Crippen molar-refractivity contribution in [1.82, 2.24) is 5.43 Å². The molecular weight excluding hydrogens is 490 g/mol. The van der Waals surface area contributed by atoms with Gasteiger partial charge in [-0.2, -0.15) is 5.10 Å². The Morgan fingerprint density at radius 2 is 1.51 bits per heavy atom. The lowest BCUT2D eigenvalue weighted by atomic mass is 9.80. The number of para-hydroxylation sites is 1. The van der Waals surface area contributed by atoms with Crippen LogP contribution in [0.1, 0.15) is 32.8 Å². The van der Waals surface area contributed by atoms with Gasteiger partial charge in [0.15, 0.2) is 11.5 Å². The number of methoxy groups -OCH3 is 2. The second-order valence-electron chi connectivity index (χ2n) is 9.17. The van der Waals surface area contributed by atoms with Gasteiger partial charge in [-0.3, -0.25) is 9.10 Å². The van der Waals surface area contributed by atoms with E-state index in [4.69, 9.17) is 9.47 Å². The minimum Gasteiger partial charge on any atom is -0.493 e. The van der Waals surface area contributed by atoms with Gasteiger partial charge in [0.1, 0.15) is 6.54 Å². The number of anilines is 1. The third-order valence-electron chi connectivity index (χ3n) is 5.90. The van der Waals surface area contributed by atoms with E-state index in [1.165, 1.54) is 32.4 Å². The number of hydrazone groups is 1. The Bertz CT molecular complexity index is 1340. The lowest BCUT2D eigenvalue weighted by Gasteiger charge is -2.25. The molecule has 0 unspecified atom stereocenters. The van der Waals surface area contributed by atoms with Gasteiger partial charge < -0.3 is 9.47 Å². The number of nitrogens with one attached hydrogen (secondary N) is 1. The third-order valence-corrected chi connectivity index (χ3v) is 7.67. The van der Waals surface area contributed by atoms with Crippen LogP contribution in [0.5, 0.6) is 11.5 Å². The summed E-state index contributed by atoms with van der Waals surface area (Å²) in [6, 6.07) is 22.8. The average molecular weight is 524 g/mol. The summed E-state index contributed by atoms with van der Waals surface area (Å²) in [6.07, 6.45) is 0.615. The molecule has 3 aromatic carbocycles. The molecule has 0 saturated heterocycles. The molecule has 9 heteroatoms. The molecule has 1 N–H and O–H groups in total. The first-order valence-electron chi connectivity index (χ1n) is 11.8. The van der Waals surface area contributed by atoms with Crippen LogP contribution in [0.4, 0.5) is 5.69 Å². The van der Waals surface area contributed by atoms with Gasteiger partial charge in [-0.25, -0.2) is 13.8 Å². The fourth-order valence-electron chi connectivity index (χ4n) is 4.01. The lowest BCUT2D eigenvalue weighted by Crippen LogP contribution is -2.39. The molecule has 3 aromatic rings. The van der Waals surface area contributed by atoms with Crippen LogP contribution in [0.2, 0.25) is 0 Å². The maximum absolute atomic E-state index is 13.6. The maximum atomic E-state index is 13.6. The van der Waals surface area contributed by atoms with Crippen molar-refractivity contribution in [3.8, 4) is 11.5 Å². The number of carbonyl (C=O) groups is 1. The molecule has 8 nitrogen and oxygen atoms in total. The first kappa shape index (κ1) is 27.7. The van der Waals surface area contributed by atoms with E-state index in [9.17, 15) is 13.2 Å². The van der Waals surface area contributed by atoms with Gasteiger partial charge in [0, 0.05) is 11.8 Å². The predicted octanol–water partition coefficient (Wildman–Crippen LogP) is 4.76. The molecule has 0 atom stereocenters. The van der Waals surface area contributed by atoms with Crippen LogP contribution in [0.3, 0.4) is 0 Å². The van der Waals surface area contributed by atoms with Crippen molar-refractivity contribution in [2.75, 3.05) is 25.1 Å². The Balaban J connectivity index is 1.82. The molecule has 1 amide bonds. The molecule has 3 rings (SSSR count). The molecule has 0 heterocycles. The van der Waals surface area contributed by atoms with E-state index in [1.54, 1.807) is 30.3 Å². The Morgan fingerprint density at radius 1 is 0.919 bits per heavy atom. The van der Waals surface area contributed by atoms with E-state index >= 15 is 0 Å². The molecule has 0 aliphatic heterocycles. The molecule has 0 spiro atoms. The van der Waals surface area contributed by atoms with Crippen LogP contribution in [-0.2, 0) is 20.2 Å². The highest BCUT2D eigenvalue weighted by Gasteiger charge is 2.28. The SMILES string of the molecule is COc1ccc(S(=O)(=O)N(CC(=O)N/N=C(/C)CC(C)(C)c2ccccc2)c2ccccc2)cc1OC. The predicted molar refractivity (Wildman–Crippen MR) is 146 cm³/mol. The number of ether oxygens (including phenoxy) is 2. The molecule has 0 bridgehead atoms. The summed E-state index contributed by atoms with van der Waals surface area (Å²) in [7, 11) is -1.23. The normalized spacial score (nSPS) is 12.1. The van der Waals surface area contributed by atoms with Crippen LogP contribution >= 0.6 is 0 Å². The van der Waals surface area contributed by atoms with Crippen molar-refractivity contribution in [2.24, 2.45) is 5.10 Å². The van der Waals surface area contributed by atoms with Crippen molar-refractivity contribution in [3.05, 3.63) is 84.4 Å². The highest BCUT2D eigenvalue weighted by Crippen LogP contribution is 2.32. The quantitative estimate of drug-likeness (QED) is 0.289. The van der Waals surface area contributed by atoms with Crippen molar-refractivity contribution in [2.45, 2.75) is 37.5 Å². The van der Waals surface area contributed by atoms with E-state index in [1.807, 2.05) is 25.1 Å². The zero-order chi connectivity index (χ0) is 27.1. The number of carbonyl (C=O) groups excluding carboxylic acids is 1. The highest BCUT2D eigenvalue weighted by atomic mass is 32.2. The Morgan fingerprint density at radius 3 is 2.11 bits per heavy atom. The largest absolute Gasteiger partial charge is 0.493 e. The molecule has 0 fully saturated rings. The summed E-state index contributed by atoms with van der Waals surface area (Å²) < 4.78 is 38.8. The first-order chi connectivity index (χ1) is 17.6. The molecule has 0 aliphatic carbocycles. The first-order valence-corrected chi connectivity index (χ1v) is 13.2. The highest BCUT2D eigenvalue weighted by molar-refractivity contribution is 7.92. The molecule has 0 saturated carbocycles. The number of amides is 1. The summed E-state index contributed by atoms with van der Waals surface area (Å²) in [4.78, 5) is 12.9. The second kappa shape index (κ2) is 11.9. The second-order valence-corrected chi connectivity index (χ2v) is 11.0. The monoisotopic (exact) mass is 523 g/mol. The van der Waals surface area contributed by atoms with E-state index < -0.39 is 22.5 Å². The zero-order valence-corrected chi connectivity index (χ0v) is 22.6. The maximum Gasteiger partial charge on any atom is 0.264 e. The van der Waals surface area contributed by atoms with Crippen molar-refractivity contribution >= 4 is 27.3 Å². The molecule has 196 valence electrons. The van der Waals surface area contributed by atoms with Gasteiger partial charge in [-0.05, 0) is 48.6 Å². The van der Waals surface area contributed by atoms with Crippen LogP contribution < -0.4 is 19.2 Å². The van der Waals surface area contributed by atoms with Gasteiger partial charge in [0.05, 0.1) is 24.8 Å². The molecule has 37 heavy (non-hydrogen) atoms.